The summed E-state index contributed by atoms with van der Waals surface area (Å²) in [6.07, 6.45) is 0.996. The van der Waals surface area contributed by atoms with Gasteiger partial charge in [-0.1, -0.05) is 13.8 Å². The minimum absolute atomic E-state index is 0.0629. The van der Waals surface area contributed by atoms with Gasteiger partial charge in [0.2, 0.25) is 0 Å². The summed E-state index contributed by atoms with van der Waals surface area (Å²) >= 11 is 1.58. The van der Waals surface area contributed by atoms with E-state index in [-0.39, 0.29) is 23.3 Å². The molecule has 4 rings (SSSR count). The molecule has 2 heterocycles. The van der Waals surface area contributed by atoms with Gasteiger partial charge in [0.05, 0.1) is 22.3 Å². The second kappa shape index (κ2) is 4.52. The zero-order valence-electron chi connectivity index (χ0n) is 12.9. The Morgan fingerprint density at radius 2 is 2.32 bits per heavy atom. The molecule has 1 aromatic carbocycles. The summed E-state index contributed by atoms with van der Waals surface area (Å²) in [7, 11) is 0. The van der Waals surface area contributed by atoms with Crippen LogP contribution in [0.25, 0.3) is 10.2 Å². The summed E-state index contributed by atoms with van der Waals surface area (Å²) in [6, 6.07) is 5.74. The van der Waals surface area contributed by atoms with Crippen LogP contribution < -0.4 is 0 Å². The average molecular weight is 316 g/mol. The van der Waals surface area contributed by atoms with Gasteiger partial charge in [0.1, 0.15) is 0 Å². The number of likely N-dealkylation sites (tertiary alicyclic amines) is 1. The SMILES string of the molecule is CC1(C)C[C@]2(CO)CN(C(=O)c3ccc4scnc4c3)C[C@H]12. The fourth-order valence-electron chi connectivity index (χ4n) is 4.67. The van der Waals surface area contributed by atoms with Crippen molar-refractivity contribution in [2.75, 3.05) is 19.7 Å². The first-order valence-electron chi connectivity index (χ1n) is 7.69. The van der Waals surface area contributed by atoms with E-state index in [2.05, 4.69) is 18.8 Å². The van der Waals surface area contributed by atoms with Gasteiger partial charge < -0.3 is 10.0 Å². The molecule has 2 aliphatic rings. The molecule has 1 aliphatic heterocycles. The first-order valence-corrected chi connectivity index (χ1v) is 8.57. The van der Waals surface area contributed by atoms with Gasteiger partial charge in [-0.2, -0.15) is 0 Å². The Morgan fingerprint density at radius 1 is 1.50 bits per heavy atom. The second-order valence-electron chi connectivity index (χ2n) is 7.46. The van der Waals surface area contributed by atoms with E-state index in [1.807, 2.05) is 23.1 Å². The molecular formula is C17H20N2O2S. The number of aliphatic hydroxyl groups excluding tert-OH is 1. The summed E-state index contributed by atoms with van der Waals surface area (Å²) in [5.41, 5.74) is 3.53. The second-order valence-corrected chi connectivity index (χ2v) is 8.35. The van der Waals surface area contributed by atoms with Gasteiger partial charge in [0.25, 0.3) is 5.91 Å². The molecule has 0 radical (unpaired) electrons. The van der Waals surface area contributed by atoms with Crippen molar-refractivity contribution in [3.05, 3.63) is 29.3 Å². The zero-order chi connectivity index (χ0) is 15.5. The number of carbonyl (C=O) groups is 1. The van der Waals surface area contributed by atoms with Crippen molar-refractivity contribution in [1.29, 1.82) is 0 Å². The van der Waals surface area contributed by atoms with Gasteiger partial charge in [-0.3, -0.25) is 4.79 Å². The largest absolute Gasteiger partial charge is 0.396 e. The zero-order valence-corrected chi connectivity index (χ0v) is 13.7. The van der Waals surface area contributed by atoms with E-state index >= 15 is 0 Å². The van der Waals surface area contributed by atoms with Crippen LogP contribution in [0.15, 0.2) is 23.7 Å². The highest BCUT2D eigenvalue weighted by molar-refractivity contribution is 7.16. The molecule has 1 aromatic heterocycles. The predicted molar refractivity (Wildman–Crippen MR) is 86.9 cm³/mol. The number of thiazole rings is 1. The van der Waals surface area contributed by atoms with Crippen molar-refractivity contribution in [2.24, 2.45) is 16.7 Å². The number of nitrogens with zero attached hydrogens (tertiary/aromatic N) is 2. The fourth-order valence-corrected chi connectivity index (χ4v) is 5.33. The van der Waals surface area contributed by atoms with E-state index in [0.29, 0.717) is 18.0 Å². The lowest BCUT2D eigenvalue weighted by atomic mass is 9.48. The Labute approximate surface area is 133 Å². The number of aromatic nitrogens is 1. The molecular weight excluding hydrogens is 296 g/mol. The molecule has 116 valence electrons. The van der Waals surface area contributed by atoms with Crippen LogP contribution in [-0.4, -0.2) is 40.6 Å². The molecule has 0 bridgehead atoms. The van der Waals surface area contributed by atoms with Crippen LogP contribution in [0.4, 0.5) is 0 Å². The first kappa shape index (κ1) is 14.2. The van der Waals surface area contributed by atoms with Crippen LogP contribution in [0.5, 0.6) is 0 Å². The van der Waals surface area contributed by atoms with E-state index in [1.165, 1.54) is 0 Å². The minimum Gasteiger partial charge on any atom is -0.396 e. The predicted octanol–water partition coefficient (Wildman–Crippen LogP) is 2.78. The maximum Gasteiger partial charge on any atom is 0.253 e. The fraction of sp³-hybridized carbons (Fsp3) is 0.529. The van der Waals surface area contributed by atoms with Crippen molar-refractivity contribution in [3.8, 4) is 0 Å². The van der Waals surface area contributed by atoms with Crippen molar-refractivity contribution in [1.82, 2.24) is 9.88 Å². The number of rotatable bonds is 2. The van der Waals surface area contributed by atoms with E-state index < -0.39 is 0 Å². The Hall–Kier alpha value is -1.46. The van der Waals surface area contributed by atoms with Gasteiger partial charge in [-0.05, 0) is 36.0 Å². The van der Waals surface area contributed by atoms with Crippen LogP contribution in [-0.2, 0) is 0 Å². The molecule has 1 saturated carbocycles. The van der Waals surface area contributed by atoms with E-state index in [9.17, 15) is 9.90 Å². The first-order chi connectivity index (χ1) is 10.5. The Kier molecular flexibility index (Phi) is 2.91. The van der Waals surface area contributed by atoms with E-state index in [1.54, 1.807) is 16.8 Å². The van der Waals surface area contributed by atoms with Crippen LogP contribution in [0, 0.1) is 16.7 Å². The van der Waals surface area contributed by atoms with Crippen molar-refractivity contribution in [2.45, 2.75) is 20.3 Å². The summed E-state index contributed by atoms with van der Waals surface area (Å²) in [5.74, 6) is 0.463. The molecule has 4 nitrogen and oxygen atoms in total. The smallest absolute Gasteiger partial charge is 0.253 e. The van der Waals surface area contributed by atoms with E-state index in [4.69, 9.17) is 0 Å². The molecule has 1 aliphatic carbocycles. The Balaban J connectivity index is 1.61. The molecule has 22 heavy (non-hydrogen) atoms. The maximum absolute atomic E-state index is 12.8. The van der Waals surface area contributed by atoms with Crippen LogP contribution >= 0.6 is 11.3 Å². The number of fused-ring (bicyclic) bond motifs is 2. The van der Waals surface area contributed by atoms with E-state index in [0.717, 1.165) is 23.2 Å². The third-order valence-corrected chi connectivity index (χ3v) is 6.39. The van der Waals surface area contributed by atoms with Crippen molar-refractivity contribution < 1.29 is 9.90 Å². The quantitative estimate of drug-likeness (QED) is 0.927. The lowest BCUT2D eigenvalue weighted by Crippen LogP contribution is -2.54. The van der Waals surface area contributed by atoms with Gasteiger partial charge in [-0.25, -0.2) is 4.98 Å². The summed E-state index contributed by atoms with van der Waals surface area (Å²) in [4.78, 5) is 19.0. The number of hydrogen-bond acceptors (Lipinski definition) is 4. The Morgan fingerprint density at radius 3 is 3.00 bits per heavy atom. The van der Waals surface area contributed by atoms with Crippen molar-refractivity contribution in [3.63, 3.8) is 0 Å². The number of carbonyl (C=O) groups excluding carboxylic acids is 1. The number of amides is 1. The molecule has 1 N–H and O–H groups in total. The topological polar surface area (TPSA) is 53.4 Å². The highest BCUT2D eigenvalue weighted by atomic mass is 32.1. The van der Waals surface area contributed by atoms with Gasteiger partial charge in [0.15, 0.2) is 0 Å². The lowest BCUT2D eigenvalue weighted by molar-refractivity contribution is -0.0976. The third-order valence-electron chi connectivity index (χ3n) is 5.58. The number of aliphatic hydroxyl groups is 1. The van der Waals surface area contributed by atoms with Gasteiger partial charge >= 0.3 is 0 Å². The summed E-state index contributed by atoms with van der Waals surface area (Å²) in [5, 5.41) is 9.82. The normalized spacial score (nSPS) is 29.4. The molecule has 0 spiro atoms. The molecule has 5 heteroatoms. The highest BCUT2D eigenvalue weighted by Crippen LogP contribution is 2.62. The van der Waals surface area contributed by atoms with Crippen molar-refractivity contribution >= 4 is 27.5 Å². The third kappa shape index (κ3) is 1.85. The minimum atomic E-state index is -0.0795. The van der Waals surface area contributed by atoms with Crippen LogP contribution in [0.1, 0.15) is 30.6 Å². The molecule has 2 aromatic rings. The van der Waals surface area contributed by atoms with Crippen LogP contribution in [0.2, 0.25) is 0 Å². The molecule has 0 unspecified atom stereocenters. The standard InChI is InChI=1S/C17H20N2O2S/c1-16(2)7-17(9-20)8-19(6-14(16)17)15(21)11-3-4-13-12(5-11)18-10-22-13/h3-5,10,14,20H,6-9H2,1-2H3/t14-,17-/m1/s1. The maximum atomic E-state index is 12.8. The lowest BCUT2D eigenvalue weighted by Gasteiger charge is -2.55. The highest BCUT2D eigenvalue weighted by Gasteiger charge is 2.63. The summed E-state index contributed by atoms with van der Waals surface area (Å²) < 4.78 is 1.10. The molecule has 1 amide bonds. The average Bonchev–Trinajstić information content (AvgIpc) is 3.08. The molecule has 2 fully saturated rings. The molecule has 1 saturated heterocycles. The molecule has 2 atom stereocenters. The monoisotopic (exact) mass is 316 g/mol. The number of hydrogen-bond donors (Lipinski definition) is 1. The summed E-state index contributed by atoms with van der Waals surface area (Å²) in [6.45, 7) is 6.07. The van der Waals surface area contributed by atoms with Gasteiger partial charge in [0, 0.05) is 24.1 Å². The Bertz CT molecular complexity index is 754. The number of benzene rings is 1. The van der Waals surface area contributed by atoms with Gasteiger partial charge in [-0.15, -0.1) is 11.3 Å². The van der Waals surface area contributed by atoms with Crippen LogP contribution in [0.3, 0.4) is 0 Å².